The zero-order chi connectivity index (χ0) is 13.6. The molecule has 0 bridgehead atoms. The zero-order valence-electron chi connectivity index (χ0n) is 12.2. The fourth-order valence-electron chi connectivity index (χ4n) is 2.04. The van der Waals surface area contributed by atoms with Crippen LogP contribution in [0.1, 0.15) is 65.2 Å². The third-order valence-corrected chi connectivity index (χ3v) is 3.18. The average molecular weight is 257 g/mol. The second-order valence-electron chi connectivity index (χ2n) is 4.96. The van der Waals surface area contributed by atoms with E-state index >= 15 is 0 Å². The van der Waals surface area contributed by atoms with Gasteiger partial charge in [0.15, 0.2) is 0 Å². The summed E-state index contributed by atoms with van der Waals surface area (Å²) in [7, 11) is 0. The molecule has 0 heterocycles. The van der Waals surface area contributed by atoms with E-state index in [4.69, 9.17) is 5.84 Å². The van der Waals surface area contributed by atoms with E-state index in [-0.39, 0.29) is 5.91 Å². The van der Waals surface area contributed by atoms with Gasteiger partial charge in [-0.1, -0.05) is 52.4 Å². The molecule has 0 unspecified atom stereocenters. The van der Waals surface area contributed by atoms with Gasteiger partial charge < -0.3 is 0 Å². The van der Waals surface area contributed by atoms with Crippen molar-refractivity contribution in [2.24, 2.45) is 5.84 Å². The summed E-state index contributed by atoms with van der Waals surface area (Å²) in [6.45, 7) is 6.89. The van der Waals surface area contributed by atoms with Crippen LogP contribution < -0.4 is 11.3 Å². The third kappa shape index (κ3) is 10.5. The molecule has 0 spiro atoms. The van der Waals surface area contributed by atoms with Gasteiger partial charge >= 0.3 is 0 Å². The van der Waals surface area contributed by atoms with Gasteiger partial charge in [0.25, 0.3) is 0 Å². The molecule has 0 radical (unpaired) electrons. The first-order valence-corrected chi connectivity index (χ1v) is 7.46. The van der Waals surface area contributed by atoms with Crippen LogP contribution in [0, 0.1) is 0 Å². The first-order valence-electron chi connectivity index (χ1n) is 7.46. The van der Waals surface area contributed by atoms with Crippen molar-refractivity contribution in [1.82, 2.24) is 10.3 Å². The van der Waals surface area contributed by atoms with Gasteiger partial charge in [0.1, 0.15) is 0 Å². The van der Waals surface area contributed by atoms with Gasteiger partial charge in [-0.25, -0.2) is 5.84 Å². The highest BCUT2D eigenvalue weighted by Gasteiger charge is 2.08. The SMILES string of the molecule is CCCCCCN(CCCCCC)CC(=O)NN. The summed E-state index contributed by atoms with van der Waals surface area (Å²) >= 11 is 0. The molecule has 0 aliphatic heterocycles. The number of carbonyl (C=O) groups is 1. The number of carbonyl (C=O) groups excluding carboxylic acids is 1. The number of nitrogens with one attached hydrogen (secondary N) is 1. The predicted molar refractivity (Wildman–Crippen MR) is 77.1 cm³/mol. The molecule has 0 saturated heterocycles. The normalized spacial score (nSPS) is 10.9. The Balaban J connectivity index is 3.80. The summed E-state index contributed by atoms with van der Waals surface area (Å²) in [6, 6.07) is 0. The molecule has 0 fully saturated rings. The van der Waals surface area contributed by atoms with E-state index in [0.717, 1.165) is 13.1 Å². The summed E-state index contributed by atoms with van der Waals surface area (Å²) in [5.41, 5.74) is 2.22. The Kier molecular flexibility index (Phi) is 12.4. The number of rotatable bonds is 12. The largest absolute Gasteiger partial charge is 0.294 e. The Labute approximate surface area is 112 Å². The lowest BCUT2D eigenvalue weighted by Gasteiger charge is -2.21. The standard InChI is InChI=1S/C14H31N3O/c1-3-5-7-9-11-17(13-14(18)16-15)12-10-8-6-4-2/h3-13,15H2,1-2H3,(H,16,18). The Morgan fingerprint density at radius 1 is 0.944 bits per heavy atom. The van der Waals surface area contributed by atoms with Crippen molar-refractivity contribution in [3.05, 3.63) is 0 Å². The average Bonchev–Trinajstić information content (AvgIpc) is 2.39. The molecule has 0 aliphatic carbocycles. The summed E-state index contributed by atoms with van der Waals surface area (Å²) in [5, 5.41) is 0. The van der Waals surface area contributed by atoms with Crippen LogP contribution in [0.3, 0.4) is 0 Å². The van der Waals surface area contributed by atoms with Gasteiger partial charge in [-0.2, -0.15) is 0 Å². The molecule has 0 saturated carbocycles. The van der Waals surface area contributed by atoms with E-state index in [2.05, 4.69) is 24.2 Å². The Morgan fingerprint density at radius 2 is 1.44 bits per heavy atom. The van der Waals surface area contributed by atoms with Crippen LogP contribution in [-0.4, -0.2) is 30.4 Å². The fraction of sp³-hybridized carbons (Fsp3) is 0.929. The number of hydrogen-bond donors (Lipinski definition) is 2. The van der Waals surface area contributed by atoms with Crippen LogP contribution in [0.5, 0.6) is 0 Å². The summed E-state index contributed by atoms with van der Waals surface area (Å²) in [4.78, 5) is 13.6. The Hall–Kier alpha value is -0.610. The van der Waals surface area contributed by atoms with E-state index in [1.54, 1.807) is 0 Å². The maximum Gasteiger partial charge on any atom is 0.248 e. The first-order chi connectivity index (χ1) is 8.74. The Morgan fingerprint density at radius 3 is 1.83 bits per heavy atom. The molecule has 0 aliphatic rings. The zero-order valence-corrected chi connectivity index (χ0v) is 12.2. The van der Waals surface area contributed by atoms with Crippen molar-refractivity contribution in [3.63, 3.8) is 0 Å². The van der Waals surface area contributed by atoms with E-state index < -0.39 is 0 Å². The molecule has 1 amide bonds. The monoisotopic (exact) mass is 257 g/mol. The maximum absolute atomic E-state index is 11.3. The number of unbranched alkanes of at least 4 members (excludes halogenated alkanes) is 6. The minimum absolute atomic E-state index is 0.0824. The smallest absolute Gasteiger partial charge is 0.248 e. The van der Waals surface area contributed by atoms with Gasteiger partial charge in [0.05, 0.1) is 6.54 Å². The lowest BCUT2D eigenvalue weighted by molar-refractivity contribution is -0.122. The van der Waals surface area contributed by atoms with Gasteiger partial charge in [0.2, 0.25) is 5.91 Å². The molecule has 0 rings (SSSR count). The summed E-state index contributed by atoms with van der Waals surface area (Å²) < 4.78 is 0. The molecule has 108 valence electrons. The molecule has 18 heavy (non-hydrogen) atoms. The lowest BCUT2D eigenvalue weighted by atomic mass is 10.1. The van der Waals surface area contributed by atoms with E-state index in [9.17, 15) is 4.79 Å². The quantitative estimate of drug-likeness (QED) is 0.244. The highest BCUT2D eigenvalue weighted by Crippen LogP contribution is 2.05. The molecule has 0 atom stereocenters. The van der Waals surface area contributed by atoms with Crippen molar-refractivity contribution in [3.8, 4) is 0 Å². The van der Waals surface area contributed by atoms with Crippen molar-refractivity contribution in [1.29, 1.82) is 0 Å². The van der Waals surface area contributed by atoms with Crippen molar-refractivity contribution < 1.29 is 4.79 Å². The number of hydrogen-bond acceptors (Lipinski definition) is 3. The van der Waals surface area contributed by atoms with E-state index in [1.165, 1.54) is 51.4 Å². The highest BCUT2D eigenvalue weighted by molar-refractivity contribution is 5.77. The van der Waals surface area contributed by atoms with Crippen LogP contribution in [0.15, 0.2) is 0 Å². The van der Waals surface area contributed by atoms with Gasteiger partial charge in [-0.05, 0) is 25.9 Å². The third-order valence-electron chi connectivity index (χ3n) is 3.18. The predicted octanol–water partition coefficient (Wildman–Crippen LogP) is 2.44. The molecule has 4 nitrogen and oxygen atoms in total. The molecule has 4 heteroatoms. The van der Waals surface area contributed by atoms with Crippen LogP contribution in [0.25, 0.3) is 0 Å². The number of nitrogens with zero attached hydrogens (tertiary/aromatic N) is 1. The number of hydrazine groups is 1. The van der Waals surface area contributed by atoms with Crippen molar-refractivity contribution in [2.45, 2.75) is 65.2 Å². The highest BCUT2D eigenvalue weighted by atomic mass is 16.2. The summed E-state index contributed by atoms with van der Waals surface area (Å²) in [5.74, 6) is 5.06. The number of amides is 1. The molecule has 3 N–H and O–H groups in total. The lowest BCUT2D eigenvalue weighted by Crippen LogP contribution is -2.41. The minimum atomic E-state index is -0.0824. The second kappa shape index (κ2) is 12.8. The van der Waals surface area contributed by atoms with Crippen molar-refractivity contribution >= 4 is 5.91 Å². The fourth-order valence-corrected chi connectivity index (χ4v) is 2.04. The maximum atomic E-state index is 11.3. The van der Waals surface area contributed by atoms with Gasteiger partial charge in [-0.3, -0.25) is 15.1 Å². The minimum Gasteiger partial charge on any atom is -0.294 e. The number of nitrogens with two attached hydrogens (primary N) is 1. The first kappa shape index (κ1) is 17.4. The van der Waals surface area contributed by atoms with Crippen LogP contribution in [0.2, 0.25) is 0 Å². The van der Waals surface area contributed by atoms with Gasteiger partial charge in [0, 0.05) is 0 Å². The topological polar surface area (TPSA) is 58.4 Å². The van der Waals surface area contributed by atoms with Crippen molar-refractivity contribution in [2.75, 3.05) is 19.6 Å². The second-order valence-corrected chi connectivity index (χ2v) is 4.96. The molecular weight excluding hydrogens is 226 g/mol. The molecular formula is C14H31N3O. The van der Waals surface area contributed by atoms with E-state index in [0.29, 0.717) is 6.54 Å². The van der Waals surface area contributed by atoms with Crippen LogP contribution in [-0.2, 0) is 4.79 Å². The molecule has 0 aromatic rings. The van der Waals surface area contributed by atoms with E-state index in [1.807, 2.05) is 0 Å². The van der Waals surface area contributed by atoms with Crippen LogP contribution in [0.4, 0.5) is 0 Å². The molecule has 0 aromatic heterocycles. The van der Waals surface area contributed by atoms with Gasteiger partial charge in [-0.15, -0.1) is 0 Å². The Bertz CT molecular complexity index is 185. The summed E-state index contributed by atoms with van der Waals surface area (Å²) in [6.07, 6.45) is 9.94. The molecule has 0 aromatic carbocycles. The van der Waals surface area contributed by atoms with Crippen LogP contribution >= 0.6 is 0 Å².